The minimum Gasteiger partial charge on any atom is -0.324 e. The Morgan fingerprint density at radius 2 is 2.11 bits per heavy atom. The quantitative estimate of drug-likeness (QED) is 0.890. The lowest BCUT2D eigenvalue weighted by atomic mass is 10.00. The summed E-state index contributed by atoms with van der Waals surface area (Å²) in [6.07, 6.45) is 3.36. The number of aryl methyl sites for hydroxylation is 2. The summed E-state index contributed by atoms with van der Waals surface area (Å²) in [5, 5.41) is 8.29. The number of pyridine rings is 1. The molecule has 4 nitrogen and oxygen atoms in total. The molecule has 18 heavy (non-hydrogen) atoms. The lowest BCUT2D eigenvalue weighted by Crippen LogP contribution is -2.17. The average Bonchev–Trinajstić information content (AvgIpc) is 2.40. The first-order chi connectivity index (χ1) is 8.70. The number of aromatic nitrogens is 3. The molecule has 94 valence electrons. The second kappa shape index (κ2) is 5.69. The van der Waals surface area contributed by atoms with Crippen molar-refractivity contribution in [1.29, 1.82) is 0 Å². The van der Waals surface area contributed by atoms with E-state index in [0.29, 0.717) is 0 Å². The first kappa shape index (κ1) is 12.6. The van der Waals surface area contributed by atoms with Gasteiger partial charge in [0.2, 0.25) is 0 Å². The second-order valence-corrected chi connectivity index (χ2v) is 4.37. The Labute approximate surface area is 107 Å². The zero-order chi connectivity index (χ0) is 13.0. The van der Waals surface area contributed by atoms with Crippen molar-refractivity contribution >= 4 is 0 Å². The molecule has 2 aromatic rings. The van der Waals surface area contributed by atoms with Crippen molar-refractivity contribution < 1.29 is 0 Å². The molecule has 0 fully saturated rings. The highest BCUT2D eigenvalue weighted by molar-refractivity contribution is 5.26. The fourth-order valence-corrected chi connectivity index (χ4v) is 1.98. The van der Waals surface area contributed by atoms with Crippen LogP contribution in [-0.4, -0.2) is 15.2 Å². The monoisotopic (exact) mass is 242 g/mol. The zero-order valence-electron chi connectivity index (χ0n) is 10.8. The molecular formula is C14H18N4. The van der Waals surface area contributed by atoms with Crippen molar-refractivity contribution in [2.45, 2.75) is 32.7 Å². The van der Waals surface area contributed by atoms with Crippen LogP contribution in [0.5, 0.6) is 0 Å². The SMILES string of the molecule is CCc1nnc(C)cc1C(N)Cc1ccccn1. The third-order valence-electron chi connectivity index (χ3n) is 2.92. The molecule has 2 N–H and O–H groups in total. The highest BCUT2D eigenvalue weighted by atomic mass is 15.1. The molecule has 1 atom stereocenters. The summed E-state index contributed by atoms with van der Waals surface area (Å²) in [6.45, 7) is 4.00. The largest absolute Gasteiger partial charge is 0.324 e. The fourth-order valence-electron chi connectivity index (χ4n) is 1.98. The molecule has 0 amide bonds. The Kier molecular flexibility index (Phi) is 3.99. The molecule has 0 spiro atoms. The van der Waals surface area contributed by atoms with E-state index in [1.807, 2.05) is 31.2 Å². The van der Waals surface area contributed by atoms with Gasteiger partial charge in [0, 0.05) is 24.4 Å². The smallest absolute Gasteiger partial charge is 0.0676 e. The number of hydrogen-bond acceptors (Lipinski definition) is 4. The predicted octanol–water partition coefficient (Wildman–Crippen LogP) is 1.98. The lowest BCUT2D eigenvalue weighted by molar-refractivity contribution is 0.680. The van der Waals surface area contributed by atoms with Crippen molar-refractivity contribution in [3.8, 4) is 0 Å². The van der Waals surface area contributed by atoms with Gasteiger partial charge in [-0.05, 0) is 37.1 Å². The summed E-state index contributed by atoms with van der Waals surface area (Å²) in [5.41, 5.74) is 10.2. The van der Waals surface area contributed by atoms with Crippen LogP contribution in [0.1, 0.15) is 35.6 Å². The van der Waals surface area contributed by atoms with E-state index in [2.05, 4.69) is 22.1 Å². The third kappa shape index (κ3) is 2.90. The summed E-state index contributed by atoms with van der Waals surface area (Å²) in [4.78, 5) is 4.31. The molecule has 0 aliphatic rings. The van der Waals surface area contributed by atoms with Gasteiger partial charge in [0.05, 0.1) is 11.4 Å². The number of hydrogen-bond donors (Lipinski definition) is 1. The van der Waals surface area contributed by atoms with Crippen molar-refractivity contribution in [3.05, 3.63) is 53.1 Å². The van der Waals surface area contributed by atoms with Crippen LogP contribution >= 0.6 is 0 Å². The first-order valence-corrected chi connectivity index (χ1v) is 6.19. The second-order valence-electron chi connectivity index (χ2n) is 4.37. The molecule has 0 aliphatic heterocycles. The van der Waals surface area contributed by atoms with Gasteiger partial charge in [-0.2, -0.15) is 10.2 Å². The zero-order valence-corrected chi connectivity index (χ0v) is 10.8. The van der Waals surface area contributed by atoms with E-state index in [9.17, 15) is 0 Å². The normalized spacial score (nSPS) is 12.4. The minimum absolute atomic E-state index is 0.0796. The molecule has 1 unspecified atom stereocenters. The summed E-state index contributed by atoms with van der Waals surface area (Å²) in [5.74, 6) is 0. The Bertz CT molecular complexity index is 510. The van der Waals surface area contributed by atoms with Gasteiger partial charge in [0.1, 0.15) is 0 Å². The molecule has 0 saturated carbocycles. The molecule has 0 aromatic carbocycles. The number of nitrogens with zero attached hydrogens (tertiary/aromatic N) is 3. The van der Waals surface area contributed by atoms with Gasteiger partial charge in [-0.3, -0.25) is 4.98 Å². The first-order valence-electron chi connectivity index (χ1n) is 6.19. The molecule has 0 radical (unpaired) electrons. The maximum absolute atomic E-state index is 6.26. The van der Waals surface area contributed by atoms with E-state index in [0.717, 1.165) is 35.5 Å². The average molecular weight is 242 g/mol. The Hall–Kier alpha value is -1.81. The topological polar surface area (TPSA) is 64.7 Å². The molecule has 4 heteroatoms. The van der Waals surface area contributed by atoms with Crippen molar-refractivity contribution in [1.82, 2.24) is 15.2 Å². The molecule has 2 aromatic heterocycles. The van der Waals surface area contributed by atoms with E-state index in [1.54, 1.807) is 6.20 Å². The van der Waals surface area contributed by atoms with Gasteiger partial charge in [0.25, 0.3) is 0 Å². The van der Waals surface area contributed by atoms with E-state index in [4.69, 9.17) is 5.73 Å². The maximum Gasteiger partial charge on any atom is 0.0676 e. The van der Waals surface area contributed by atoms with E-state index in [1.165, 1.54) is 0 Å². The van der Waals surface area contributed by atoms with Crippen LogP contribution < -0.4 is 5.73 Å². The Morgan fingerprint density at radius 1 is 1.28 bits per heavy atom. The van der Waals surface area contributed by atoms with Crippen LogP contribution in [0.2, 0.25) is 0 Å². The van der Waals surface area contributed by atoms with Gasteiger partial charge in [-0.15, -0.1) is 0 Å². The predicted molar refractivity (Wildman–Crippen MR) is 71.0 cm³/mol. The van der Waals surface area contributed by atoms with Crippen LogP contribution in [0, 0.1) is 6.92 Å². The van der Waals surface area contributed by atoms with Crippen molar-refractivity contribution in [2.75, 3.05) is 0 Å². The van der Waals surface area contributed by atoms with Crippen LogP contribution in [0.4, 0.5) is 0 Å². The molecule has 2 heterocycles. The van der Waals surface area contributed by atoms with E-state index in [-0.39, 0.29) is 6.04 Å². The summed E-state index contributed by atoms with van der Waals surface area (Å²) >= 11 is 0. The number of rotatable bonds is 4. The van der Waals surface area contributed by atoms with Crippen LogP contribution in [0.3, 0.4) is 0 Å². The molecule has 0 saturated heterocycles. The summed E-state index contributed by atoms with van der Waals surface area (Å²) < 4.78 is 0. The van der Waals surface area contributed by atoms with Crippen LogP contribution in [-0.2, 0) is 12.8 Å². The number of nitrogens with two attached hydrogens (primary N) is 1. The van der Waals surface area contributed by atoms with Crippen LogP contribution in [0.25, 0.3) is 0 Å². The lowest BCUT2D eigenvalue weighted by Gasteiger charge is -2.14. The van der Waals surface area contributed by atoms with Crippen molar-refractivity contribution in [2.24, 2.45) is 5.73 Å². The van der Waals surface area contributed by atoms with Crippen LogP contribution in [0.15, 0.2) is 30.5 Å². The van der Waals surface area contributed by atoms with Gasteiger partial charge in [-0.25, -0.2) is 0 Å². The molecule has 0 bridgehead atoms. The van der Waals surface area contributed by atoms with Gasteiger partial charge < -0.3 is 5.73 Å². The van der Waals surface area contributed by atoms with Gasteiger partial charge in [0.15, 0.2) is 0 Å². The van der Waals surface area contributed by atoms with E-state index < -0.39 is 0 Å². The Morgan fingerprint density at radius 3 is 2.78 bits per heavy atom. The standard InChI is InChI=1S/C14H18N4/c1-3-14-12(8-10(2)17-18-14)13(15)9-11-6-4-5-7-16-11/h4-8,13H,3,9,15H2,1-2H3. The molecule has 0 aliphatic carbocycles. The highest BCUT2D eigenvalue weighted by Gasteiger charge is 2.13. The fraction of sp³-hybridized carbons (Fsp3) is 0.357. The summed E-state index contributed by atoms with van der Waals surface area (Å²) in [7, 11) is 0. The van der Waals surface area contributed by atoms with Crippen molar-refractivity contribution in [3.63, 3.8) is 0 Å². The third-order valence-corrected chi connectivity index (χ3v) is 2.92. The summed E-state index contributed by atoms with van der Waals surface area (Å²) in [6, 6.07) is 7.83. The van der Waals surface area contributed by atoms with Gasteiger partial charge >= 0.3 is 0 Å². The maximum atomic E-state index is 6.26. The Balaban J connectivity index is 2.23. The highest BCUT2D eigenvalue weighted by Crippen LogP contribution is 2.18. The van der Waals surface area contributed by atoms with Gasteiger partial charge in [-0.1, -0.05) is 13.0 Å². The minimum atomic E-state index is -0.0796. The molecule has 2 rings (SSSR count). The molecular weight excluding hydrogens is 224 g/mol. The van der Waals surface area contributed by atoms with E-state index >= 15 is 0 Å².